The maximum Gasteiger partial charge on any atom is 0.0969 e. The van der Waals surface area contributed by atoms with Crippen molar-refractivity contribution < 1.29 is 32.7 Å². The molecule has 0 aliphatic heterocycles. The molecule has 1 radical (unpaired) electrons. The van der Waals surface area contributed by atoms with Gasteiger partial charge in [-0.2, -0.15) is 0 Å². The van der Waals surface area contributed by atoms with Crippen LogP contribution in [0.25, 0.3) is 0 Å². The maximum absolute atomic E-state index is 2.19. The first kappa shape index (κ1) is 9.68. The van der Waals surface area contributed by atoms with Crippen molar-refractivity contribution in [3.8, 4) is 0 Å². The summed E-state index contributed by atoms with van der Waals surface area (Å²) in [5.74, 6) is 0. The molecule has 0 aromatic heterocycles. The van der Waals surface area contributed by atoms with Gasteiger partial charge >= 0.3 is 0 Å². The fourth-order valence-electron chi connectivity index (χ4n) is 0. The quantitative estimate of drug-likeness (QED) is 0.459. The van der Waals surface area contributed by atoms with Gasteiger partial charge in [0.05, 0.1) is 18.8 Å². The van der Waals surface area contributed by atoms with Crippen molar-refractivity contribution >= 4 is 10.9 Å². The smallest absolute Gasteiger partial charge is 0.0219 e. The molecule has 0 spiro atoms. The van der Waals surface area contributed by atoms with Crippen LogP contribution in [0.15, 0.2) is 0 Å². The van der Waals surface area contributed by atoms with E-state index in [0.29, 0.717) is 10.9 Å². The van der Waals surface area contributed by atoms with E-state index < -0.39 is 0 Å². The van der Waals surface area contributed by atoms with Crippen molar-refractivity contribution in [2.24, 2.45) is 0 Å². The second kappa shape index (κ2) is 5.45. The fourth-order valence-corrected chi connectivity index (χ4v) is 0. The average Bonchev–Trinajstić information content (AvgIpc) is 0.811. The summed E-state index contributed by atoms with van der Waals surface area (Å²) in [7, 11) is 0.639. The topological polar surface area (TPSA) is 0 Å². The van der Waals surface area contributed by atoms with Gasteiger partial charge in [-0.15, -0.1) is 0 Å². The first-order valence-corrected chi connectivity index (χ1v) is 3.67. The van der Waals surface area contributed by atoms with Gasteiger partial charge in [0, 0.05) is 32.7 Å². The summed E-state index contributed by atoms with van der Waals surface area (Å²) in [6.45, 7) is 0. The maximum atomic E-state index is 2.19. The predicted molar refractivity (Wildman–Crippen MR) is 25.1 cm³/mol. The van der Waals surface area contributed by atoms with Crippen LogP contribution in [0.1, 0.15) is 0 Å². The van der Waals surface area contributed by atoms with Gasteiger partial charge in [-0.05, 0) is 10.9 Å². The molecule has 0 aliphatic rings. The van der Waals surface area contributed by atoms with Gasteiger partial charge in [0.25, 0.3) is 0 Å². The molecule has 0 aliphatic carbocycles. The molecule has 0 unspecified atom stereocenters. The SMILES string of the molecule is C[S+](C)C.[Y]. The minimum Gasteiger partial charge on any atom is -0.0219 e. The monoisotopic (exact) mass is 166 g/mol. The van der Waals surface area contributed by atoms with Gasteiger partial charge in [0.15, 0.2) is 0 Å². The Morgan fingerprint density at radius 3 is 1.00 bits per heavy atom. The molecule has 0 saturated heterocycles. The normalized spacial score (nSPS) is 7.20. The zero-order chi connectivity index (χ0) is 3.58. The zero-order valence-corrected chi connectivity index (χ0v) is 7.64. The first-order valence-electron chi connectivity index (χ1n) is 1.22. The van der Waals surface area contributed by atoms with Gasteiger partial charge in [-0.3, -0.25) is 0 Å². The van der Waals surface area contributed by atoms with E-state index in [-0.39, 0.29) is 32.7 Å². The molecule has 0 aromatic carbocycles. The van der Waals surface area contributed by atoms with Crippen LogP contribution in [0, 0.1) is 0 Å². The standard InChI is InChI=1S/C3H9S.Y/c1-4(2)3;/h1-3H3;/q+1;. The van der Waals surface area contributed by atoms with Crippen molar-refractivity contribution in [3.05, 3.63) is 0 Å². The summed E-state index contributed by atoms with van der Waals surface area (Å²) in [6.07, 6.45) is 6.58. The third kappa shape index (κ3) is 30.8. The van der Waals surface area contributed by atoms with Gasteiger partial charge in [0.1, 0.15) is 0 Å². The number of hydrogen-bond donors (Lipinski definition) is 0. The van der Waals surface area contributed by atoms with Crippen molar-refractivity contribution in [2.75, 3.05) is 18.8 Å². The molecule has 29 valence electrons. The minimum absolute atomic E-state index is 0. The minimum atomic E-state index is 0. The van der Waals surface area contributed by atoms with E-state index in [1.807, 2.05) is 0 Å². The van der Waals surface area contributed by atoms with E-state index in [2.05, 4.69) is 18.8 Å². The van der Waals surface area contributed by atoms with E-state index in [1.165, 1.54) is 0 Å². The molecule has 0 aromatic rings. The van der Waals surface area contributed by atoms with Crippen molar-refractivity contribution in [1.29, 1.82) is 0 Å². The van der Waals surface area contributed by atoms with E-state index in [4.69, 9.17) is 0 Å². The first-order chi connectivity index (χ1) is 1.73. The second-order valence-corrected chi connectivity index (χ2v) is 3.67. The Kier molecular flexibility index (Phi) is 10.6. The molecule has 5 heavy (non-hydrogen) atoms. The molecule has 0 rings (SSSR count). The Labute approximate surface area is 61.9 Å². The van der Waals surface area contributed by atoms with Crippen molar-refractivity contribution in [3.63, 3.8) is 0 Å². The van der Waals surface area contributed by atoms with E-state index in [1.54, 1.807) is 0 Å². The van der Waals surface area contributed by atoms with E-state index >= 15 is 0 Å². The Balaban J connectivity index is 0. The van der Waals surface area contributed by atoms with Crippen LogP contribution in [-0.2, 0) is 43.6 Å². The van der Waals surface area contributed by atoms with Crippen LogP contribution >= 0.6 is 0 Å². The van der Waals surface area contributed by atoms with Crippen LogP contribution < -0.4 is 0 Å². The molecular weight excluding hydrogens is 157 g/mol. The van der Waals surface area contributed by atoms with Gasteiger partial charge in [-0.25, -0.2) is 0 Å². The summed E-state index contributed by atoms with van der Waals surface area (Å²) < 4.78 is 0. The molecule has 0 heterocycles. The van der Waals surface area contributed by atoms with Crippen molar-refractivity contribution in [2.45, 2.75) is 0 Å². The summed E-state index contributed by atoms with van der Waals surface area (Å²) in [5, 5.41) is 0. The third-order valence-corrected chi connectivity index (χ3v) is 0. The van der Waals surface area contributed by atoms with Crippen molar-refractivity contribution in [1.82, 2.24) is 0 Å². The largest absolute Gasteiger partial charge is 0.0969 e. The molecular formula is C3H9SY+. The Bertz CT molecular complexity index is 11.6. The molecule has 0 fully saturated rings. The zero-order valence-electron chi connectivity index (χ0n) is 3.99. The summed E-state index contributed by atoms with van der Waals surface area (Å²) in [5.41, 5.74) is 0. The molecule has 2 heteroatoms. The average molecular weight is 166 g/mol. The van der Waals surface area contributed by atoms with E-state index in [0.717, 1.165) is 0 Å². The molecule has 0 atom stereocenters. The third-order valence-electron chi connectivity index (χ3n) is 0. The molecule has 0 N–H and O–H groups in total. The van der Waals surface area contributed by atoms with Crippen LogP contribution in [0.2, 0.25) is 0 Å². The van der Waals surface area contributed by atoms with Crippen LogP contribution in [-0.4, -0.2) is 18.8 Å². The number of hydrogen-bond acceptors (Lipinski definition) is 0. The van der Waals surface area contributed by atoms with Gasteiger partial charge in [-0.1, -0.05) is 0 Å². The number of rotatable bonds is 0. The summed E-state index contributed by atoms with van der Waals surface area (Å²) >= 11 is 0. The Hall–Kier alpha value is 1.45. The van der Waals surface area contributed by atoms with Crippen LogP contribution in [0.4, 0.5) is 0 Å². The molecule has 0 bridgehead atoms. The van der Waals surface area contributed by atoms with E-state index in [9.17, 15) is 0 Å². The van der Waals surface area contributed by atoms with Crippen LogP contribution in [0.3, 0.4) is 0 Å². The fraction of sp³-hybridized carbons (Fsp3) is 1.00. The summed E-state index contributed by atoms with van der Waals surface area (Å²) in [4.78, 5) is 0. The Morgan fingerprint density at radius 2 is 1.00 bits per heavy atom. The summed E-state index contributed by atoms with van der Waals surface area (Å²) in [6, 6.07) is 0. The molecule has 0 nitrogen and oxygen atoms in total. The molecule has 0 amide bonds. The van der Waals surface area contributed by atoms with Gasteiger partial charge in [0.2, 0.25) is 0 Å². The predicted octanol–water partition coefficient (Wildman–Crippen LogP) is 0.492. The van der Waals surface area contributed by atoms with Crippen LogP contribution in [0.5, 0.6) is 0 Å². The van der Waals surface area contributed by atoms with Gasteiger partial charge < -0.3 is 0 Å². The molecule has 0 saturated carbocycles. The Morgan fingerprint density at radius 1 is 1.00 bits per heavy atom. The second-order valence-electron chi connectivity index (χ2n) is 1.22.